The standard InChI is InChI=1S/C19H19N5O3/c25-11-16-20-18(27-23-16)14-5-6-17(22-21-14)24-9-7-19(8-10-24)12-26-15-4-2-1-3-13(15)19/h1-6,25H,7-12H2. The third kappa shape index (κ3) is 2.73. The van der Waals surface area contributed by atoms with Crippen LogP contribution in [0.4, 0.5) is 5.82 Å². The van der Waals surface area contributed by atoms with E-state index in [4.69, 9.17) is 14.4 Å². The molecule has 2 aliphatic rings. The molecule has 8 heteroatoms. The number of fused-ring (bicyclic) bond motifs is 2. The van der Waals surface area contributed by atoms with Gasteiger partial charge in [0.25, 0.3) is 5.89 Å². The van der Waals surface area contributed by atoms with Gasteiger partial charge in [-0.15, -0.1) is 10.2 Å². The van der Waals surface area contributed by atoms with E-state index >= 15 is 0 Å². The zero-order chi connectivity index (χ0) is 18.3. The lowest BCUT2D eigenvalue weighted by molar-refractivity contribution is 0.230. The lowest BCUT2D eigenvalue weighted by Gasteiger charge is -2.38. The van der Waals surface area contributed by atoms with Crippen LogP contribution in [0.2, 0.25) is 0 Å². The molecule has 0 amide bonds. The highest BCUT2D eigenvalue weighted by Crippen LogP contribution is 2.45. The lowest BCUT2D eigenvalue weighted by Crippen LogP contribution is -2.44. The molecule has 2 aliphatic heterocycles. The second-order valence-electron chi connectivity index (χ2n) is 7.00. The van der Waals surface area contributed by atoms with E-state index in [-0.39, 0.29) is 23.7 Å². The van der Waals surface area contributed by atoms with E-state index in [0.29, 0.717) is 5.69 Å². The Morgan fingerprint density at radius 2 is 1.93 bits per heavy atom. The highest BCUT2D eigenvalue weighted by Gasteiger charge is 2.43. The molecule has 0 radical (unpaired) electrons. The third-order valence-electron chi connectivity index (χ3n) is 5.49. The van der Waals surface area contributed by atoms with Crippen LogP contribution < -0.4 is 9.64 Å². The Labute approximate surface area is 155 Å². The Morgan fingerprint density at radius 3 is 2.67 bits per heavy atom. The predicted molar refractivity (Wildman–Crippen MR) is 96.3 cm³/mol. The second-order valence-corrected chi connectivity index (χ2v) is 7.00. The minimum absolute atomic E-state index is 0.116. The van der Waals surface area contributed by atoms with Crippen molar-refractivity contribution in [3.8, 4) is 17.3 Å². The van der Waals surface area contributed by atoms with Gasteiger partial charge in [0, 0.05) is 24.1 Å². The molecule has 138 valence electrons. The van der Waals surface area contributed by atoms with Crippen molar-refractivity contribution in [2.24, 2.45) is 0 Å². The van der Waals surface area contributed by atoms with Gasteiger partial charge in [0.05, 0.1) is 6.61 Å². The van der Waals surface area contributed by atoms with Crippen LogP contribution in [0.25, 0.3) is 11.6 Å². The number of benzene rings is 1. The third-order valence-corrected chi connectivity index (χ3v) is 5.49. The van der Waals surface area contributed by atoms with Gasteiger partial charge in [-0.2, -0.15) is 4.98 Å². The highest BCUT2D eigenvalue weighted by molar-refractivity contribution is 5.50. The van der Waals surface area contributed by atoms with Gasteiger partial charge in [-0.1, -0.05) is 23.4 Å². The smallest absolute Gasteiger partial charge is 0.278 e. The molecule has 1 N–H and O–H groups in total. The number of hydrogen-bond donors (Lipinski definition) is 1. The number of hydrogen-bond acceptors (Lipinski definition) is 8. The molecule has 4 heterocycles. The van der Waals surface area contributed by atoms with Crippen molar-refractivity contribution >= 4 is 5.82 Å². The number of aliphatic hydroxyl groups excluding tert-OH is 1. The van der Waals surface area contributed by atoms with Crippen LogP contribution in [0.1, 0.15) is 24.2 Å². The Kier molecular flexibility index (Phi) is 3.78. The zero-order valence-electron chi connectivity index (χ0n) is 14.7. The largest absolute Gasteiger partial charge is 0.492 e. The molecule has 1 saturated heterocycles. The topological polar surface area (TPSA) is 97.4 Å². The molecule has 0 saturated carbocycles. The van der Waals surface area contributed by atoms with Gasteiger partial charge in [-0.3, -0.25) is 0 Å². The summed E-state index contributed by atoms with van der Waals surface area (Å²) in [6.45, 7) is 2.30. The number of aromatic nitrogens is 4. The van der Waals surface area contributed by atoms with Crippen LogP contribution in [-0.2, 0) is 12.0 Å². The first-order chi connectivity index (χ1) is 13.3. The quantitative estimate of drug-likeness (QED) is 0.752. The van der Waals surface area contributed by atoms with E-state index < -0.39 is 0 Å². The molecule has 1 spiro atoms. The Morgan fingerprint density at radius 1 is 1.07 bits per heavy atom. The first-order valence-corrected chi connectivity index (χ1v) is 9.02. The van der Waals surface area contributed by atoms with Crippen LogP contribution in [0.15, 0.2) is 40.9 Å². The maximum Gasteiger partial charge on any atom is 0.278 e. The van der Waals surface area contributed by atoms with Gasteiger partial charge in [0.15, 0.2) is 17.3 Å². The minimum Gasteiger partial charge on any atom is -0.492 e. The number of ether oxygens (including phenoxy) is 1. The normalized spacial score (nSPS) is 17.7. The Balaban J connectivity index is 1.30. The predicted octanol–water partition coefficient (Wildman–Crippen LogP) is 1.95. The van der Waals surface area contributed by atoms with Crippen molar-refractivity contribution in [1.82, 2.24) is 20.3 Å². The SMILES string of the molecule is OCc1noc(-c2ccc(N3CCC4(CC3)COc3ccccc34)nn2)n1. The van der Waals surface area contributed by atoms with E-state index in [9.17, 15) is 0 Å². The van der Waals surface area contributed by atoms with Crippen LogP contribution in [0.3, 0.4) is 0 Å². The van der Waals surface area contributed by atoms with Crippen LogP contribution in [-0.4, -0.2) is 45.1 Å². The first-order valence-electron chi connectivity index (χ1n) is 9.02. The van der Waals surface area contributed by atoms with Crippen molar-refractivity contribution in [1.29, 1.82) is 0 Å². The highest BCUT2D eigenvalue weighted by atomic mass is 16.5. The van der Waals surface area contributed by atoms with Crippen LogP contribution >= 0.6 is 0 Å². The van der Waals surface area contributed by atoms with Gasteiger partial charge in [0.1, 0.15) is 12.4 Å². The fourth-order valence-electron chi connectivity index (χ4n) is 3.93. The lowest BCUT2D eigenvalue weighted by atomic mass is 9.74. The molecule has 0 unspecified atom stereocenters. The monoisotopic (exact) mass is 365 g/mol. The van der Waals surface area contributed by atoms with E-state index in [2.05, 4.69) is 43.4 Å². The number of aliphatic hydroxyl groups is 1. The average molecular weight is 365 g/mol. The number of piperidine rings is 1. The molecule has 3 aromatic rings. The summed E-state index contributed by atoms with van der Waals surface area (Å²) in [5.41, 5.74) is 1.95. The summed E-state index contributed by atoms with van der Waals surface area (Å²) in [7, 11) is 0. The molecule has 0 bridgehead atoms. The maximum atomic E-state index is 9.02. The van der Waals surface area contributed by atoms with Crippen molar-refractivity contribution in [2.45, 2.75) is 24.9 Å². The summed E-state index contributed by atoms with van der Waals surface area (Å²) in [6, 6.07) is 12.1. The molecular formula is C19H19N5O3. The summed E-state index contributed by atoms with van der Waals surface area (Å²) in [4.78, 5) is 6.30. The number of anilines is 1. The van der Waals surface area contributed by atoms with Crippen LogP contribution in [0.5, 0.6) is 5.75 Å². The Hall–Kier alpha value is -3.00. The zero-order valence-corrected chi connectivity index (χ0v) is 14.7. The number of nitrogens with zero attached hydrogens (tertiary/aromatic N) is 5. The molecule has 5 rings (SSSR count). The van der Waals surface area contributed by atoms with Crippen molar-refractivity contribution in [3.05, 3.63) is 47.8 Å². The van der Waals surface area contributed by atoms with Crippen molar-refractivity contribution < 1.29 is 14.4 Å². The summed E-state index contributed by atoms with van der Waals surface area (Å²) >= 11 is 0. The molecule has 0 aliphatic carbocycles. The van der Waals surface area contributed by atoms with Crippen molar-refractivity contribution in [2.75, 3.05) is 24.6 Å². The second kappa shape index (κ2) is 6.31. The molecule has 8 nitrogen and oxygen atoms in total. The number of para-hydroxylation sites is 1. The summed E-state index contributed by atoms with van der Waals surface area (Å²) in [5, 5.41) is 21.2. The maximum absolute atomic E-state index is 9.02. The van der Waals surface area contributed by atoms with Gasteiger partial charge in [-0.05, 0) is 31.0 Å². The summed E-state index contributed by atoms with van der Waals surface area (Å²) in [6.07, 6.45) is 2.05. The van der Waals surface area contributed by atoms with Crippen molar-refractivity contribution in [3.63, 3.8) is 0 Å². The molecule has 1 fully saturated rings. The molecule has 0 atom stereocenters. The van der Waals surface area contributed by atoms with Gasteiger partial charge >= 0.3 is 0 Å². The summed E-state index contributed by atoms with van der Waals surface area (Å²) in [5.74, 6) is 2.35. The average Bonchev–Trinajstić information content (AvgIpc) is 3.35. The minimum atomic E-state index is -0.266. The molecule has 1 aromatic carbocycles. The molecule has 2 aromatic heterocycles. The first kappa shape index (κ1) is 16.2. The Bertz CT molecular complexity index is 948. The fourth-order valence-corrected chi connectivity index (χ4v) is 3.93. The van der Waals surface area contributed by atoms with Gasteiger partial charge < -0.3 is 19.3 Å². The fraction of sp³-hybridized carbons (Fsp3) is 0.368. The van der Waals surface area contributed by atoms with E-state index in [1.54, 1.807) is 0 Å². The van der Waals surface area contributed by atoms with E-state index in [1.165, 1.54) is 5.56 Å². The number of rotatable bonds is 3. The van der Waals surface area contributed by atoms with E-state index in [1.807, 2.05) is 18.2 Å². The van der Waals surface area contributed by atoms with Crippen LogP contribution in [0, 0.1) is 0 Å². The van der Waals surface area contributed by atoms with Gasteiger partial charge in [0.2, 0.25) is 0 Å². The molecule has 27 heavy (non-hydrogen) atoms. The van der Waals surface area contributed by atoms with E-state index in [0.717, 1.165) is 44.1 Å². The molecular weight excluding hydrogens is 346 g/mol. The van der Waals surface area contributed by atoms with Gasteiger partial charge in [-0.25, -0.2) is 0 Å². The summed E-state index contributed by atoms with van der Waals surface area (Å²) < 4.78 is 11.0.